The van der Waals surface area contributed by atoms with Crippen LogP contribution in [0, 0.1) is 11.8 Å². The van der Waals surface area contributed by atoms with Crippen molar-refractivity contribution in [1.29, 1.82) is 0 Å². The molecule has 0 N–H and O–H groups in total. The molecule has 0 saturated heterocycles. The Labute approximate surface area is 122 Å². The minimum Gasteiger partial charge on any atom is -0.307 e. The van der Waals surface area contributed by atoms with E-state index in [9.17, 15) is 0 Å². The highest BCUT2D eigenvalue weighted by molar-refractivity contribution is 5.10. The van der Waals surface area contributed by atoms with Crippen LogP contribution >= 0.6 is 0 Å². The molecule has 0 aromatic carbocycles. The Bertz CT molecular complexity index is 141. The molecule has 1 nitrogen and oxygen atoms in total. The summed E-state index contributed by atoms with van der Waals surface area (Å²) in [5, 5.41) is 0. The number of unbranched alkanes of at least 4 members (excludes halogenated alkanes) is 3. The van der Waals surface area contributed by atoms with Crippen LogP contribution in [-0.2, 0) is 4.79 Å². The van der Waals surface area contributed by atoms with Gasteiger partial charge in [-0.05, 0) is 11.8 Å². The van der Waals surface area contributed by atoms with E-state index < -0.39 is 0 Å². The molecule has 0 bridgehead atoms. The van der Waals surface area contributed by atoms with Crippen molar-refractivity contribution >= 4 is 6.79 Å². The molecule has 1 heteroatoms. The van der Waals surface area contributed by atoms with Crippen molar-refractivity contribution in [1.82, 2.24) is 0 Å². The van der Waals surface area contributed by atoms with Gasteiger partial charge in [0.25, 0.3) is 0 Å². The van der Waals surface area contributed by atoms with Crippen molar-refractivity contribution in [2.75, 3.05) is 0 Å². The van der Waals surface area contributed by atoms with E-state index in [0.29, 0.717) is 0 Å². The Morgan fingerprint density at radius 3 is 1.74 bits per heavy atom. The van der Waals surface area contributed by atoms with Gasteiger partial charge >= 0.3 is 0 Å². The molecule has 0 saturated carbocycles. The Balaban J connectivity index is -0.000000579. The van der Waals surface area contributed by atoms with Gasteiger partial charge in [-0.25, -0.2) is 0 Å². The maximum atomic E-state index is 8.00. The molecular weight excluding hydrogens is 232 g/mol. The molecule has 0 rings (SSSR count). The van der Waals surface area contributed by atoms with Crippen LogP contribution in [0.4, 0.5) is 0 Å². The lowest BCUT2D eigenvalue weighted by molar-refractivity contribution is -0.0979. The van der Waals surface area contributed by atoms with Gasteiger partial charge in [0.2, 0.25) is 0 Å². The predicted molar refractivity (Wildman–Crippen MR) is 89.6 cm³/mol. The van der Waals surface area contributed by atoms with Crippen molar-refractivity contribution in [2.45, 2.75) is 85.5 Å². The second kappa shape index (κ2) is 22.6. The largest absolute Gasteiger partial charge is 0.307 e. The van der Waals surface area contributed by atoms with Gasteiger partial charge in [0.15, 0.2) is 0 Å². The third kappa shape index (κ3) is 23.0. The molecule has 0 radical (unpaired) electrons. The Morgan fingerprint density at radius 2 is 1.32 bits per heavy atom. The molecule has 0 spiro atoms. The monoisotopic (exact) mass is 270 g/mol. The van der Waals surface area contributed by atoms with Crippen LogP contribution in [0.5, 0.6) is 0 Å². The zero-order valence-electron chi connectivity index (χ0n) is 14.0. The fourth-order valence-corrected chi connectivity index (χ4v) is 2.23. The maximum Gasteiger partial charge on any atom is 0.106 e. The normalized spacial score (nSPS) is 11.0. The molecule has 19 heavy (non-hydrogen) atoms. The molecule has 1 unspecified atom stereocenters. The molecule has 116 valence electrons. The average molecular weight is 271 g/mol. The van der Waals surface area contributed by atoms with Crippen molar-refractivity contribution in [2.24, 2.45) is 11.8 Å². The first kappa shape index (κ1) is 23.5. The first-order chi connectivity index (χ1) is 9.20. The highest BCUT2D eigenvalue weighted by Crippen LogP contribution is 2.21. The maximum absolute atomic E-state index is 8.00. The quantitative estimate of drug-likeness (QED) is 0.330. The van der Waals surface area contributed by atoms with Crippen molar-refractivity contribution in [3.63, 3.8) is 0 Å². The molecule has 0 aliphatic carbocycles. The van der Waals surface area contributed by atoms with Crippen LogP contribution in [0.1, 0.15) is 85.5 Å². The van der Waals surface area contributed by atoms with Crippen LogP contribution in [0.25, 0.3) is 0 Å². The second-order valence-corrected chi connectivity index (χ2v) is 5.45. The van der Waals surface area contributed by atoms with Gasteiger partial charge in [0.05, 0.1) is 0 Å². The third-order valence-electron chi connectivity index (χ3n) is 3.44. The van der Waals surface area contributed by atoms with Gasteiger partial charge in [-0.2, -0.15) is 0 Å². The van der Waals surface area contributed by atoms with Crippen LogP contribution in [0.2, 0.25) is 0 Å². The van der Waals surface area contributed by atoms with Gasteiger partial charge in [-0.15, -0.1) is 13.2 Å². The fraction of sp³-hybridized carbons (Fsp3) is 0.833. The summed E-state index contributed by atoms with van der Waals surface area (Å²) in [4.78, 5) is 8.00. The fourth-order valence-electron chi connectivity index (χ4n) is 2.23. The number of rotatable bonds is 10. The summed E-state index contributed by atoms with van der Waals surface area (Å²) in [6.45, 7) is 17.3. The Kier molecular flexibility index (Phi) is 27.9. The van der Waals surface area contributed by atoms with Crippen LogP contribution < -0.4 is 0 Å². The van der Waals surface area contributed by atoms with Gasteiger partial charge in [-0.3, -0.25) is 0 Å². The first-order valence-corrected chi connectivity index (χ1v) is 7.99. The van der Waals surface area contributed by atoms with Gasteiger partial charge in [0.1, 0.15) is 6.79 Å². The number of carbonyl (C=O) groups is 1. The number of hydrogen-bond acceptors (Lipinski definition) is 1. The Morgan fingerprint density at radius 1 is 0.789 bits per heavy atom. The Hall–Kier alpha value is -0.590. The van der Waals surface area contributed by atoms with Gasteiger partial charge in [0, 0.05) is 0 Å². The van der Waals surface area contributed by atoms with E-state index in [0.717, 1.165) is 11.8 Å². The van der Waals surface area contributed by atoms with Crippen LogP contribution in [-0.4, -0.2) is 6.79 Å². The summed E-state index contributed by atoms with van der Waals surface area (Å²) < 4.78 is 0. The molecule has 0 aromatic rings. The zero-order valence-corrected chi connectivity index (χ0v) is 14.0. The predicted octanol–water partition coefficient (Wildman–Crippen LogP) is 6.43. The molecular formula is C18H38O. The molecule has 1 atom stereocenters. The number of hydrogen-bond donors (Lipinski definition) is 0. The van der Waals surface area contributed by atoms with E-state index in [2.05, 4.69) is 40.9 Å². The summed E-state index contributed by atoms with van der Waals surface area (Å²) in [7, 11) is 0. The first-order valence-electron chi connectivity index (χ1n) is 7.99. The summed E-state index contributed by atoms with van der Waals surface area (Å²) >= 11 is 0. The SMILES string of the molecule is C=C.C=O.CCCCCCC(CC)CCCC(C)C. The minimum absolute atomic E-state index is 0.891. The van der Waals surface area contributed by atoms with Crippen molar-refractivity contribution < 1.29 is 4.79 Å². The van der Waals surface area contributed by atoms with E-state index in [4.69, 9.17) is 4.79 Å². The minimum atomic E-state index is 0.891. The topological polar surface area (TPSA) is 17.1 Å². The third-order valence-corrected chi connectivity index (χ3v) is 3.44. The summed E-state index contributed by atoms with van der Waals surface area (Å²) in [5.41, 5.74) is 0. The molecule has 0 aromatic heterocycles. The van der Waals surface area contributed by atoms with E-state index >= 15 is 0 Å². The number of carbonyl (C=O) groups excluding carboxylic acids is 1. The van der Waals surface area contributed by atoms with E-state index in [1.54, 1.807) is 0 Å². The highest BCUT2D eigenvalue weighted by atomic mass is 16.1. The smallest absolute Gasteiger partial charge is 0.106 e. The van der Waals surface area contributed by atoms with E-state index in [1.807, 2.05) is 6.79 Å². The standard InChI is InChI=1S/C15H32.C2H4.CH2O/c1-5-7-8-9-12-15(6-2)13-10-11-14(3)4;2*1-2/h14-15H,5-13H2,1-4H3;1-2H2;1H2. The molecule has 0 aliphatic heterocycles. The van der Waals surface area contributed by atoms with Gasteiger partial charge in [-0.1, -0.05) is 85.5 Å². The second-order valence-electron chi connectivity index (χ2n) is 5.45. The van der Waals surface area contributed by atoms with Crippen LogP contribution in [0.15, 0.2) is 13.2 Å². The lowest BCUT2D eigenvalue weighted by Gasteiger charge is -2.15. The molecule has 0 fully saturated rings. The molecule has 0 aliphatic rings. The van der Waals surface area contributed by atoms with Crippen molar-refractivity contribution in [3.8, 4) is 0 Å². The van der Waals surface area contributed by atoms with Crippen molar-refractivity contribution in [3.05, 3.63) is 13.2 Å². The molecule has 0 heterocycles. The average Bonchev–Trinajstić information content (AvgIpc) is 2.45. The van der Waals surface area contributed by atoms with Gasteiger partial charge < -0.3 is 4.79 Å². The summed E-state index contributed by atoms with van der Waals surface area (Å²) in [5.74, 6) is 1.91. The lowest BCUT2D eigenvalue weighted by atomic mass is 9.91. The zero-order chi connectivity index (χ0) is 15.5. The van der Waals surface area contributed by atoms with Crippen LogP contribution in [0.3, 0.4) is 0 Å². The summed E-state index contributed by atoms with van der Waals surface area (Å²) in [6, 6.07) is 0. The highest BCUT2D eigenvalue weighted by Gasteiger charge is 2.06. The lowest BCUT2D eigenvalue weighted by Crippen LogP contribution is -2.00. The van der Waals surface area contributed by atoms with E-state index in [-0.39, 0.29) is 0 Å². The molecule has 0 amide bonds. The van der Waals surface area contributed by atoms with E-state index in [1.165, 1.54) is 57.8 Å². The summed E-state index contributed by atoms with van der Waals surface area (Å²) in [6.07, 6.45) is 12.9.